The summed E-state index contributed by atoms with van der Waals surface area (Å²) in [4.78, 5) is 0. The molecule has 10 heavy (non-hydrogen) atoms. The van der Waals surface area contributed by atoms with E-state index >= 15 is 0 Å². The van der Waals surface area contributed by atoms with Gasteiger partial charge in [-0.25, -0.2) is 4.39 Å². The van der Waals surface area contributed by atoms with E-state index in [0.717, 1.165) is 11.6 Å². The van der Waals surface area contributed by atoms with Crippen molar-refractivity contribution in [1.29, 1.82) is 0 Å². The SMILES string of the molecule is C=C/C(F)=C\C=C(/C)CO. The van der Waals surface area contributed by atoms with Gasteiger partial charge in [0.05, 0.1) is 6.61 Å². The fraction of sp³-hybridized carbons (Fsp3) is 0.250. The zero-order valence-electron chi connectivity index (χ0n) is 5.97. The molecule has 0 rings (SSSR count). The zero-order valence-corrected chi connectivity index (χ0v) is 5.97. The van der Waals surface area contributed by atoms with E-state index in [1.165, 1.54) is 12.2 Å². The Kier molecular flexibility index (Phi) is 4.50. The Morgan fingerprint density at radius 3 is 2.60 bits per heavy atom. The van der Waals surface area contributed by atoms with Crippen LogP contribution in [0.4, 0.5) is 4.39 Å². The Balaban J connectivity index is 4.03. The molecule has 0 spiro atoms. The smallest absolute Gasteiger partial charge is 0.122 e. The van der Waals surface area contributed by atoms with Crippen molar-refractivity contribution in [2.75, 3.05) is 6.61 Å². The lowest BCUT2D eigenvalue weighted by atomic mass is 10.3. The van der Waals surface area contributed by atoms with E-state index < -0.39 is 5.83 Å². The maximum Gasteiger partial charge on any atom is 0.122 e. The average molecular weight is 142 g/mol. The molecule has 56 valence electrons. The summed E-state index contributed by atoms with van der Waals surface area (Å²) < 4.78 is 12.2. The second-order valence-corrected chi connectivity index (χ2v) is 1.93. The molecule has 0 aromatic carbocycles. The lowest BCUT2D eigenvalue weighted by Gasteiger charge is -1.88. The standard InChI is InChI=1S/C8H11FO/c1-3-8(9)5-4-7(2)6-10/h3-5,10H,1,6H2,2H3/b7-4+,8-5+. The van der Waals surface area contributed by atoms with Crippen LogP contribution in [0.5, 0.6) is 0 Å². The molecule has 0 amide bonds. The predicted molar refractivity (Wildman–Crippen MR) is 40.2 cm³/mol. The molecule has 0 unspecified atom stereocenters. The quantitative estimate of drug-likeness (QED) is 0.597. The highest BCUT2D eigenvalue weighted by molar-refractivity contribution is 5.18. The molecule has 2 heteroatoms. The second-order valence-electron chi connectivity index (χ2n) is 1.93. The maximum atomic E-state index is 12.2. The lowest BCUT2D eigenvalue weighted by molar-refractivity contribution is 0.331. The van der Waals surface area contributed by atoms with Crippen LogP contribution in [0.3, 0.4) is 0 Å². The highest BCUT2D eigenvalue weighted by atomic mass is 19.1. The van der Waals surface area contributed by atoms with Crippen LogP contribution in [0.15, 0.2) is 36.2 Å². The maximum absolute atomic E-state index is 12.2. The van der Waals surface area contributed by atoms with E-state index in [0.29, 0.717) is 0 Å². The van der Waals surface area contributed by atoms with Gasteiger partial charge in [0.25, 0.3) is 0 Å². The highest BCUT2D eigenvalue weighted by Gasteiger charge is 1.83. The Morgan fingerprint density at radius 1 is 1.60 bits per heavy atom. The number of aliphatic hydroxyl groups is 1. The van der Waals surface area contributed by atoms with Gasteiger partial charge in [-0.3, -0.25) is 0 Å². The Bertz CT molecular complexity index is 168. The van der Waals surface area contributed by atoms with Crippen LogP contribution in [0.1, 0.15) is 6.92 Å². The molecule has 0 bridgehead atoms. The van der Waals surface area contributed by atoms with Crippen molar-refractivity contribution >= 4 is 0 Å². The molecule has 1 N–H and O–H groups in total. The van der Waals surface area contributed by atoms with E-state index in [1.807, 2.05) is 0 Å². The van der Waals surface area contributed by atoms with E-state index in [9.17, 15) is 4.39 Å². The molecule has 0 atom stereocenters. The summed E-state index contributed by atoms with van der Waals surface area (Å²) in [6.45, 7) is 4.90. The average Bonchev–Trinajstić information content (AvgIpc) is 1.99. The summed E-state index contributed by atoms with van der Waals surface area (Å²) in [6, 6.07) is 0. The van der Waals surface area contributed by atoms with Gasteiger partial charge in [0, 0.05) is 0 Å². The molecule has 0 aliphatic carbocycles. The van der Waals surface area contributed by atoms with Crippen LogP contribution in [-0.4, -0.2) is 11.7 Å². The number of allylic oxidation sites excluding steroid dienone is 4. The van der Waals surface area contributed by atoms with Crippen LogP contribution < -0.4 is 0 Å². The number of rotatable bonds is 3. The molecule has 0 fully saturated rings. The summed E-state index contributed by atoms with van der Waals surface area (Å²) in [6.07, 6.45) is 3.89. The third-order valence-electron chi connectivity index (χ3n) is 0.971. The fourth-order valence-corrected chi connectivity index (χ4v) is 0.343. The number of hydrogen-bond donors (Lipinski definition) is 1. The van der Waals surface area contributed by atoms with Gasteiger partial charge in [0.15, 0.2) is 0 Å². The van der Waals surface area contributed by atoms with Crippen LogP contribution in [0.2, 0.25) is 0 Å². The minimum Gasteiger partial charge on any atom is -0.392 e. The van der Waals surface area contributed by atoms with Crippen molar-refractivity contribution in [2.45, 2.75) is 6.92 Å². The predicted octanol–water partition coefficient (Wildman–Crippen LogP) is 1.96. The Hall–Kier alpha value is -0.890. The normalized spacial score (nSPS) is 13.5. The number of aliphatic hydroxyl groups excluding tert-OH is 1. The summed E-state index contributed by atoms with van der Waals surface area (Å²) in [5.41, 5.74) is 0.719. The first-order chi connectivity index (χ1) is 4.70. The third kappa shape index (κ3) is 4.04. The van der Waals surface area contributed by atoms with Crippen molar-refractivity contribution in [3.63, 3.8) is 0 Å². The van der Waals surface area contributed by atoms with Crippen LogP contribution in [0, 0.1) is 0 Å². The molecule has 0 saturated heterocycles. The summed E-state index contributed by atoms with van der Waals surface area (Å²) >= 11 is 0. The van der Waals surface area contributed by atoms with Gasteiger partial charge in [-0.1, -0.05) is 12.7 Å². The van der Waals surface area contributed by atoms with Gasteiger partial charge in [-0.15, -0.1) is 0 Å². The fourth-order valence-electron chi connectivity index (χ4n) is 0.343. The minimum absolute atomic E-state index is 0.0408. The summed E-state index contributed by atoms with van der Waals surface area (Å²) in [5, 5.41) is 8.47. The molecule has 1 nitrogen and oxygen atoms in total. The van der Waals surface area contributed by atoms with Gasteiger partial charge < -0.3 is 5.11 Å². The van der Waals surface area contributed by atoms with Gasteiger partial charge in [0.2, 0.25) is 0 Å². The van der Waals surface area contributed by atoms with Gasteiger partial charge in [-0.2, -0.15) is 0 Å². The van der Waals surface area contributed by atoms with Gasteiger partial charge in [-0.05, 0) is 24.6 Å². The first-order valence-corrected chi connectivity index (χ1v) is 2.97. The first-order valence-electron chi connectivity index (χ1n) is 2.97. The molecule has 0 aromatic heterocycles. The van der Waals surface area contributed by atoms with E-state index in [1.54, 1.807) is 6.92 Å². The molecule has 0 aliphatic rings. The molecule has 0 radical (unpaired) electrons. The Morgan fingerprint density at radius 2 is 2.20 bits per heavy atom. The second kappa shape index (κ2) is 4.94. The first kappa shape index (κ1) is 9.11. The van der Waals surface area contributed by atoms with Crippen molar-refractivity contribution in [1.82, 2.24) is 0 Å². The zero-order chi connectivity index (χ0) is 7.98. The molecule has 0 aliphatic heterocycles. The van der Waals surface area contributed by atoms with Crippen molar-refractivity contribution in [3.8, 4) is 0 Å². The van der Waals surface area contributed by atoms with Gasteiger partial charge >= 0.3 is 0 Å². The summed E-state index contributed by atoms with van der Waals surface area (Å²) in [7, 11) is 0. The minimum atomic E-state index is -0.396. The van der Waals surface area contributed by atoms with Crippen molar-refractivity contribution in [2.24, 2.45) is 0 Å². The third-order valence-corrected chi connectivity index (χ3v) is 0.971. The van der Waals surface area contributed by atoms with E-state index in [-0.39, 0.29) is 6.61 Å². The molecule has 0 aromatic rings. The molecular formula is C8H11FO. The van der Waals surface area contributed by atoms with Crippen LogP contribution in [-0.2, 0) is 0 Å². The lowest BCUT2D eigenvalue weighted by Crippen LogP contribution is -1.81. The highest BCUT2D eigenvalue weighted by Crippen LogP contribution is 1.99. The monoisotopic (exact) mass is 142 g/mol. The van der Waals surface area contributed by atoms with Crippen molar-refractivity contribution < 1.29 is 9.50 Å². The summed E-state index contributed by atoms with van der Waals surface area (Å²) in [5.74, 6) is -0.396. The Labute approximate surface area is 60.2 Å². The largest absolute Gasteiger partial charge is 0.392 e. The molecular weight excluding hydrogens is 131 g/mol. The van der Waals surface area contributed by atoms with E-state index in [2.05, 4.69) is 6.58 Å². The van der Waals surface area contributed by atoms with Crippen molar-refractivity contribution in [3.05, 3.63) is 36.2 Å². The van der Waals surface area contributed by atoms with Gasteiger partial charge in [0.1, 0.15) is 5.83 Å². The number of halogens is 1. The van der Waals surface area contributed by atoms with Crippen LogP contribution in [0.25, 0.3) is 0 Å². The molecule has 0 heterocycles. The van der Waals surface area contributed by atoms with Crippen LogP contribution >= 0.6 is 0 Å². The molecule has 0 saturated carbocycles. The number of hydrogen-bond acceptors (Lipinski definition) is 1. The van der Waals surface area contributed by atoms with E-state index in [4.69, 9.17) is 5.11 Å². The topological polar surface area (TPSA) is 20.2 Å².